The van der Waals surface area contributed by atoms with Crippen molar-refractivity contribution in [3.63, 3.8) is 0 Å². The standard InChI is InChI=1S/C22H34O5/c1-6-27-21(25)17(4)18-12-13-22(5,26)20(24)11-10-15(2)8-7-9-16(3)19(23)14-18/h8-9,18-19,23,26H,4,6-7,10-14H2,1-3,5H3/b15-8-,16-9-/t18-,19+,22-/m1/s1. The number of ether oxygens (including phenoxy) is 1. The Labute approximate surface area is 162 Å². The smallest absolute Gasteiger partial charge is 0.333 e. The molecule has 1 aliphatic rings. The van der Waals surface area contributed by atoms with Crippen LogP contribution in [0, 0.1) is 5.92 Å². The van der Waals surface area contributed by atoms with Gasteiger partial charge in [0.2, 0.25) is 0 Å². The summed E-state index contributed by atoms with van der Waals surface area (Å²) in [6.07, 6.45) is 5.69. The first kappa shape index (κ1) is 23.3. The van der Waals surface area contributed by atoms with Gasteiger partial charge in [0.05, 0.1) is 12.7 Å². The van der Waals surface area contributed by atoms with Crippen molar-refractivity contribution in [2.45, 2.75) is 77.9 Å². The first-order chi connectivity index (χ1) is 12.6. The van der Waals surface area contributed by atoms with Crippen molar-refractivity contribution in [1.82, 2.24) is 0 Å². The summed E-state index contributed by atoms with van der Waals surface area (Å²) in [5, 5.41) is 21.2. The maximum atomic E-state index is 12.4. The second-order valence-corrected chi connectivity index (χ2v) is 7.66. The molecule has 2 N–H and O–H groups in total. The number of ketones is 1. The van der Waals surface area contributed by atoms with E-state index in [0.29, 0.717) is 25.7 Å². The molecule has 0 spiro atoms. The lowest BCUT2D eigenvalue weighted by Gasteiger charge is -2.27. The number of rotatable bonds is 3. The highest BCUT2D eigenvalue weighted by Crippen LogP contribution is 2.29. The summed E-state index contributed by atoms with van der Waals surface area (Å²) in [6.45, 7) is 11.2. The monoisotopic (exact) mass is 378 g/mol. The highest BCUT2D eigenvalue weighted by Gasteiger charge is 2.32. The first-order valence-electron chi connectivity index (χ1n) is 9.70. The third kappa shape index (κ3) is 7.43. The third-order valence-corrected chi connectivity index (χ3v) is 5.30. The number of esters is 1. The Kier molecular flexibility index (Phi) is 9.13. The SMILES string of the molecule is C=C(C(=O)OCC)[C@@H]1CC[C@@](C)(O)C(=O)CC/C(C)=C\C/C=C(/C)[C@@H](O)C1. The average molecular weight is 379 g/mol. The molecule has 0 radical (unpaired) electrons. The fourth-order valence-corrected chi connectivity index (χ4v) is 3.14. The van der Waals surface area contributed by atoms with Crippen LogP contribution in [-0.2, 0) is 14.3 Å². The summed E-state index contributed by atoms with van der Waals surface area (Å²) >= 11 is 0. The van der Waals surface area contributed by atoms with Crippen LogP contribution in [0.2, 0.25) is 0 Å². The van der Waals surface area contributed by atoms with Gasteiger partial charge in [-0.25, -0.2) is 4.79 Å². The largest absolute Gasteiger partial charge is 0.463 e. The number of Topliss-reactive ketones (excluding diaryl/α,β-unsaturated/α-hetero) is 1. The van der Waals surface area contributed by atoms with Gasteiger partial charge >= 0.3 is 5.97 Å². The molecule has 27 heavy (non-hydrogen) atoms. The van der Waals surface area contributed by atoms with Crippen molar-refractivity contribution >= 4 is 11.8 Å². The van der Waals surface area contributed by atoms with E-state index in [1.54, 1.807) is 6.92 Å². The van der Waals surface area contributed by atoms with E-state index in [4.69, 9.17) is 4.74 Å². The number of aliphatic hydroxyl groups is 2. The molecule has 0 unspecified atom stereocenters. The molecule has 0 saturated heterocycles. The number of carbonyl (C=O) groups excluding carboxylic acids is 2. The number of hydrogen-bond donors (Lipinski definition) is 2. The maximum absolute atomic E-state index is 12.4. The molecule has 0 aromatic carbocycles. The molecular formula is C22H34O5. The van der Waals surface area contributed by atoms with Gasteiger partial charge in [-0.15, -0.1) is 0 Å². The summed E-state index contributed by atoms with van der Waals surface area (Å²) in [5.74, 6) is -1.08. The molecule has 0 saturated carbocycles. The molecule has 0 heterocycles. The fourth-order valence-electron chi connectivity index (χ4n) is 3.14. The normalized spacial score (nSPS) is 32.4. The lowest BCUT2D eigenvalue weighted by Crippen LogP contribution is -2.36. The Bertz CT molecular complexity index is 612. The molecule has 1 aliphatic carbocycles. The van der Waals surface area contributed by atoms with Gasteiger partial charge in [-0.1, -0.05) is 24.3 Å². The molecule has 0 amide bonds. The molecule has 0 bridgehead atoms. The molecule has 152 valence electrons. The van der Waals surface area contributed by atoms with Crippen molar-refractivity contribution in [3.05, 3.63) is 35.5 Å². The van der Waals surface area contributed by atoms with Crippen LogP contribution >= 0.6 is 0 Å². The van der Waals surface area contributed by atoms with E-state index in [0.717, 1.165) is 11.1 Å². The van der Waals surface area contributed by atoms with E-state index in [1.807, 2.05) is 26.0 Å². The third-order valence-electron chi connectivity index (χ3n) is 5.30. The number of carbonyl (C=O) groups is 2. The number of allylic oxidation sites excluding steroid dienone is 3. The lowest BCUT2D eigenvalue weighted by molar-refractivity contribution is -0.139. The van der Waals surface area contributed by atoms with E-state index >= 15 is 0 Å². The Hall–Kier alpha value is -1.72. The Morgan fingerprint density at radius 3 is 2.63 bits per heavy atom. The van der Waals surface area contributed by atoms with Crippen LogP contribution in [0.15, 0.2) is 35.5 Å². The van der Waals surface area contributed by atoms with Gasteiger partial charge in [-0.2, -0.15) is 0 Å². The second kappa shape index (κ2) is 10.6. The van der Waals surface area contributed by atoms with Crippen LogP contribution in [0.4, 0.5) is 0 Å². The van der Waals surface area contributed by atoms with Gasteiger partial charge < -0.3 is 14.9 Å². The quantitative estimate of drug-likeness (QED) is 0.445. The molecule has 5 heteroatoms. The van der Waals surface area contributed by atoms with Gasteiger partial charge in [-0.05, 0) is 71.3 Å². The minimum atomic E-state index is -1.46. The number of hydrogen-bond acceptors (Lipinski definition) is 5. The van der Waals surface area contributed by atoms with E-state index in [2.05, 4.69) is 6.58 Å². The van der Waals surface area contributed by atoms with Gasteiger partial charge in [0.25, 0.3) is 0 Å². The molecule has 3 atom stereocenters. The minimum Gasteiger partial charge on any atom is -0.463 e. The van der Waals surface area contributed by atoms with E-state index < -0.39 is 17.7 Å². The zero-order valence-corrected chi connectivity index (χ0v) is 17.1. The molecular weight excluding hydrogens is 344 g/mol. The van der Waals surface area contributed by atoms with E-state index in [9.17, 15) is 19.8 Å². The Balaban J connectivity index is 3.10. The molecule has 1 rings (SSSR count). The van der Waals surface area contributed by atoms with Crippen LogP contribution in [0.1, 0.15) is 66.2 Å². The maximum Gasteiger partial charge on any atom is 0.333 e. The summed E-state index contributed by atoms with van der Waals surface area (Å²) in [4.78, 5) is 24.5. The summed E-state index contributed by atoms with van der Waals surface area (Å²) in [6, 6.07) is 0. The van der Waals surface area contributed by atoms with Crippen LogP contribution in [0.5, 0.6) is 0 Å². The second-order valence-electron chi connectivity index (χ2n) is 7.66. The predicted molar refractivity (Wildman–Crippen MR) is 106 cm³/mol. The van der Waals surface area contributed by atoms with Crippen molar-refractivity contribution < 1.29 is 24.5 Å². The fraction of sp³-hybridized carbons (Fsp3) is 0.636. The molecule has 0 fully saturated rings. The average Bonchev–Trinajstić information content (AvgIpc) is 2.61. The van der Waals surface area contributed by atoms with Crippen molar-refractivity contribution in [1.29, 1.82) is 0 Å². The molecule has 0 aromatic rings. The lowest BCUT2D eigenvalue weighted by atomic mass is 9.82. The van der Waals surface area contributed by atoms with Gasteiger partial charge in [-0.3, -0.25) is 4.79 Å². The summed E-state index contributed by atoms with van der Waals surface area (Å²) in [7, 11) is 0. The zero-order valence-electron chi connectivity index (χ0n) is 17.1. The first-order valence-corrected chi connectivity index (χ1v) is 9.70. The molecule has 0 aromatic heterocycles. The van der Waals surface area contributed by atoms with Crippen molar-refractivity contribution in [2.24, 2.45) is 5.92 Å². The molecule has 5 nitrogen and oxygen atoms in total. The summed E-state index contributed by atoms with van der Waals surface area (Å²) < 4.78 is 5.04. The highest BCUT2D eigenvalue weighted by molar-refractivity contribution is 5.88. The Morgan fingerprint density at radius 2 is 2.00 bits per heavy atom. The van der Waals surface area contributed by atoms with Crippen LogP contribution in [-0.4, -0.2) is 40.3 Å². The highest BCUT2D eigenvalue weighted by atomic mass is 16.5. The Morgan fingerprint density at radius 1 is 1.33 bits per heavy atom. The van der Waals surface area contributed by atoms with Crippen LogP contribution in [0.25, 0.3) is 0 Å². The van der Waals surface area contributed by atoms with Crippen molar-refractivity contribution in [2.75, 3.05) is 6.61 Å². The van der Waals surface area contributed by atoms with E-state index in [1.165, 1.54) is 6.92 Å². The topological polar surface area (TPSA) is 83.8 Å². The predicted octanol–water partition coefficient (Wildman–Crippen LogP) is 3.65. The minimum absolute atomic E-state index is 0.202. The van der Waals surface area contributed by atoms with Gasteiger partial charge in [0.15, 0.2) is 5.78 Å². The van der Waals surface area contributed by atoms with Crippen molar-refractivity contribution in [3.8, 4) is 0 Å². The van der Waals surface area contributed by atoms with Gasteiger partial charge in [0.1, 0.15) is 5.60 Å². The van der Waals surface area contributed by atoms with Crippen LogP contribution < -0.4 is 0 Å². The summed E-state index contributed by atoms with van der Waals surface area (Å²) in [5.41, 5.74) is 0.728. The van der Waals surface area contributed by atoms with Gasteiger partial charge in [0, 0.05) is 12.0 Å². The van der Waals surface area contributed by atoms with Crippen LogP contribution in [0.3, 0.4) is 0 Å². The number of aliphatic hydroxyl groups excluding tert-OH is 1. The zero-order chi connectivity index (χ0) is 20.6. The van der Waals surface area contributed by atoms with E-state index in [-0.39, 0.29) is 36.7 Å². The molecule has 0 aliphatic heterocycles.